The molecule has 0 radical (unpaired) electrons. The minimum absolute atomic E-state index is 0.878. The zero-order valence-corrected chi connectivity index (χ0v) is 14.3. The molecule has 0 fully saturated rings. The van der Waals surface area contributed by atoms with E-state index in [0.717, 1.165) is 26.1 Å². The predicted octanol–water partition coefficient (Wildman–Crippen LogP) is 4.36. The summed E-state index contributed by atoms with van der Waals surface area (Å²) in [5.41, 5.74) is 2.79. The highest BCUT2D eigenvalue weighted by molar-refractivity contribution is 5.40. The Labute approximate surface area is 130 Å². The van der Waals surface area contributed by atoms with Crippen molar-refractivity contribution < 1.29 is 0 Å². The van der Waals surface area contributed by atoms with Crippen LogP contribution >= 0.6 is 0 Å². The summed E-state index contributed by atoms with van der Waals surface area (Å²) >= 11 is 0. The van der Waals surface area contributed by atoms with Gasteiger partial charge in [-0.3, -0.25) is 0 Å². The van der Waals surface area contributed by atoms with E-state index < -0.39 is 0 Å². The molecule has 3 nitrogen and oxygen atoms in total. The van der Waals surface area contributed by atoms with Crippen LogP contribution in [-0.4, -0.2) is 22.6 Å². The largest absolute Gasteiger partial charge is 0.334 e. The van der Waals surface area contributed by atoms with Crippen molar-refractivity contribution in [3.8, 4) is 0 Å². The van der Waals surface area contributed by atoms with Gasteiger partial charge in [-0.15, -0.1) is 0 Å². The Morgan fingerprint density at radius 1 is 1.33 bits per heavy atom. The number of aromatic nitrogens is 2. The second kappa shape index (κ2) is 13.4. The summed E-state index contributed by atoms with van der Waals surface area (Å²) in [6.45, 7) is 13.0. The lowest BCUT2D eigenvalue weighted by molar-refractivity contribution is 0.709. The van der Waals surface area contributed by atoms with E-state index in [1.165, 1.54) is 11.1 Å². The van der Waals surface area contributed by atoms with Crippen LogP contribution in [0.3, 0.4) is 0 Å². The Morgan fingerprint density at radius 3 is 2.62 bits per heavy atom. The van der Waals surface area contributed by atoms with Gasteiger partial charge in [0, 0.05) is 25.5 Å². The first-order valence-corrected chi connectivity index (χ1v) is 8.09. The number of hydrogen-bond donors (Lipinski definition) is 1. The third-order valence-corrected chi connectivity index (χ3v) is 2.92. The molecule has 1 aromatic heterocycles. The topological polar surface area (TPSA) is 29.9 Å². The Morgan fingerprint density at radius 2 is 2.10 bits per heavy atom. The molecule has 21 heavy (non-hydrogen) atoms. The van der Waals surface area contributed by atoms with E-state index in [1.807, 2.05) is 40.2 Å². The van der Waals surface area contributed by atoms with Crippen molar-refractivity contribution in [2.75, 3.05) is 13.1 Å². The van der Waals surface area contributed by atoms with Crippen molar-refractivity contribution in [2.45, 2.75) is 47.6 Å². The highest BCUT2D eigenvalue weighted by Crippen LogP contribution is 2.17. The Balaban J connectivity index is 0.000000921. The van der Waals surface area contributed by atoms with Crippen LogP contribution in [0.2, 0.25) is 0 Å². The minimum atomic E-state index is 0.878. The number of imidazole rings is 1. The first-order valence-electron chi connectivity index (χ1n) is 8.09. The van der Waals surface area contributed by atoms with E-state index in [4.69, 9.17) is 0 Å². The first-order chi connectivity index (χ1) is 10.4. The fourth-order valence-corrected chi connectivity index (χ4v) is 1.97. The van der Waals surface area contributed by atoms with E-state index in [0.29, 0.717) is 0 Å². The first kappa shape index (κ1) is 19.4. The average Bonchev–Trinajstić information content (AvgIpc) is 3.10. The van der Waals surface area contributed by atoms with E-state index in [1.54, 1.807) is 6.20 Å². The van der Waals surface area contributed by atoms with E-state index in [-0.39, 0.29) is 0 Å². The van der Waals surface area contributed by atoms with Gasteiger partial charge in [0.2, 0.25) is 0 Å². The van der Waals surface area contributed by atoms with Gasteiger partial charge >= 0.3 is 0 Å². The van der Waals surface area contributed by atoms with Crippen molar-refractivity contribution in [1.29, 1.82) is 0 Å². The molecule has 2 heterocycles. The summed E-state index contributed by atoms with van der Waals surface area (Å²) in [4.78, 5) is 4.02. The van der Waals surface area contributed by atoms with Crippen molar-refractivity contribution >= 4 is 0 Å². The van der Waals surface area contributed by atoms with E-state index >= 15 is 0 Å². The molecule has 0 spiro atoms. The number of nitrogens with one attached hydrogen (secondary N) is 1. The summed E-state index contributed by atoms with van der Waals surface area (Å²) in [6.07, 6.45) is 15.6. The molecule has 0 bridgehead atoms. The highest BCUT2D eigenvalue weighted by atomic mass is 15.0. The smallest absolute Gasteiger partial charge is 0.0948 e. The van der Waals surface area contributed by atoms with Gasteiger partial charge in [-0.1, -0.05) is 52.0 Å². The molecular formula is C18H31N3. The summed E-state index contributed by atoms with van der Waals surface area (Å²) < 4.78 is 2.06. The zero-order valence-electron chi connectivity index (χ0n) is 14.3. The van der Waals surface area contributed by atoms with E-state index in [2.05, 4.69) is 46.1 Å². The molecule has 0 aromatic carbocycles. The van der Waals surface area contributed by atoms with Crippen LogP contribution in [0.4, 0.5) is 0 Å². The van der Waals surface area contributed by atoms with Crippen LogP contribution in [0.1, 0.15) is 41.0 Å². The van der Waals surface area contributed by atoms with Gasteiger partial charge in [0.15, 0.2) is 0 Å². The number of allylic oxidation sites excluding steroid dienone is 4. The molecule has 0 saturated heterocycles. The Hall–Kier alpha value is -1.61. The lowest BCUT2D eigenvalue weighted by atomic mass is 9.99. The average molecular weight is 289 g/mol. The Kier molecular flexibility index (Phi) is 12.4. The lowest BCUT2D eigenvalue weighted by Crippen LogP contribution is -2.20. The normalized spacial score (nSPS) is 14.7. The zero-order chi connectivity index (χ0) is 15.9. The SMILES string of the molecule is C/C=C(\C=C/Cn1ccnc1)C1=CCNCC1.CC.CC. The van der Waals surface area contributed by atoms with Gasteiger partial charge < -0.3 is 9.88 Å². The maximum absolute atomic E-state index is 4.02. The number of hydrogen-bond acceptors (Lipinski definition) is 2. The van der Waals surface area contributed by atoms with Gasteiger partial charge in [0.25, 0.3) is 0 Å². The molecule has 1 aromatic rings. The number of rotatable bonds is 4. The summed E-state index contributed by atoms with van der Waals surface area (Å²) in [5.74, 6) is 0. The van der Waals surface area contributed by atoms with E-state index in [9.17, 15) is 0 Å². The molecule has 0 saturated carbocycles. The molecule has 0 amide bonds. The monoisotopic (exact) mass is 289 g/mol. The second-order valence-electron chi connectivity index (χ2n) is 4.09. The Bertz CT molecular complexity index is 425. The molecule has 118 valence electrons. The molecular weight excluding hydrogens is 258 g/mol. The van der Waals surface area contributed by atoms with Crippen LogP contribution in [0, 0.1) is 0 Å². The maximum atomic E-state index is 4.02. The fraction of sp³-hybridized carbons (Fsp3) is 0.500. The maximum Gasteiger partial charge on any atom is 0.0948 e. The van der Waals surface area contributed by atoms with Crippen molar-refractivity contribution in [3.05, 3.63) is 54.2 Å². The van der Waals surface area contributed by atoms with Gasteiger partial charge in [-0.2, -0.15) is 0 Å². The molecule has 0 aliphatic carbocycles. The molecule has 2 rings (SSSR count). The van der Waals surface area contributed by atoms with Crippen LogP contribution in [0.15, 0.2) is 54.2 Å². The lowest BCUT2D eigenvalue weighted by Gasteiger charge is -2.14. The molecule has 1 aliphatic heterocycles. The fourth-order valence-electron chi connectivity index (χ4n) is 1.97. The third-order valence-electron chi connectivity index (χ3n) is 2.92. The summed E-state index contributed by atoms with van der Waals surface area (Å²) in [6, 6.07) is 0. The highest BCUT2D eigenvalue weighted by Gasteiger charge is 2.04. The van der Waals surface area contributed by atoms with Crippen molar-refractivity contribution in [1.82, 2.24) is 14.9 Å². The third kappa shape index (κ3) is 7.66. The summed E-state index contributed by atoms with van der Waals surface area (Å²) in [7, 11) is 0. The van der Waals surface area contributed by atoms with Crippen LogP contribution in [-0.2, 0) is 6.54 Å². The van der Waals surface area contributed by atoms with Crippen molar-refractivity contribution in [3.63, 3.8) is 0 Å². The van der Waals surface area contributed by atoms with Crippen molar-refractivity contribution in [2.24, 2.45) is 0 Å². The van der Waals surface area contributed by atoms with Gasteiger partial charge in [0.05, 0.1) is 6.33 Å². The van der Waals surface area contributed by atoms with Crippen LogP contribution in [0.5, 0.6) is 0 Å². The minimum Gasteiger partial charge on any atom is -0.334 e. The summed E-state index contributed by atoms with van der Waals surface area (Å²) in [5, 5.41) is 3.33. The quantitative estimate of drug-likeness (QED) is 0.835. The molecule has 1 N–H and O–H groups in total. The van der Waals surface area contributed by atoms with Crippen LogP contribution in [0.25, 0.3) is 0 Å². The molecule has 0 atom stereocenters. The predicted molar refractivity (Wildman–Crippen MR) is 93.4 cm³/mol. The molecule has 0 unspecified atom stereocenters. The number of nitrogens with zero attached hydrogens (tertiary/aromatic N) is 2. The second-order valence-corrected chi connectivity index (χ2v) is 4.09. The molecule has 3 heteroatoms. The van der Waals surface area contributed by atoms with Gasteiger partial charge in [-0.05, 0) is 31.0 Å². The van der Waals surface area contributed by atoms with Gasteiger partial charge in [-0.25, -0.2) is 4.98 Å². The standard InChI is InChI=1S/C14H19N3.2C2H6/c1-2-13(14-5-7-15-8-6-14)4-3-10-17-11-9-16-12-17;2*1-2/h2-5,9,11-12,15H,6-8,10H2,1H3;2*1-2H3/b4-3-,13-2+;;. The molecule has 1 aliphatic rings. The van der Waals surface area contributed by atoms with Crippen LogP contribution < -0.4 is 5.32 Å². The van der Waals surface area contributed by atoms with Gasteiger partial charge in [0.1, 0.15) is 0 Å².